The maximum Gasteiger partial charge on any atom is 0.337 e. The van der Waals surface area contributed by atoms with E-state index in [9.17, 15) is 9.59 Å². The van der Waals surface area contributed by atoms with E-state index < -0.39 is 5.97 Å². The highest BCUT2D eigenvalue weighted by atomic mass is 16.4. The number of rotatable bonds is 6. The summed E-state index contributed by atoms with van der Waals surface area (Å²) < 4.78 is 0. The fourth-order valence-electron chi connectivity index (χ4n) is 3.03. The van der Waals surface area contributed by atoms with E-state index in [0.717, 1.165) is 18.1 Å². The van der Waals surface area contributed by atoms with Crippen molar-refractivity contribution < 1.29 is 14.7 Å². The van der Waals surface area contributed by atoms with Gasteiger partial charge >= 0.3 is 5.97 Å². The zero-order valence-electron chi connectivity index (χ0n) is 16.1. The molecule has 28 heavy (non-hydrogen) atoms. The van der Waals surface area contributed by atoms with Gasteiger partial charge in [0.25, 0.3) is 5.91 Å². The van der Waals surface area contributed by atoms with Gasteiger partial charge < -0.3 is 20.2 Å². The number of hydrogen-bond acceptors (Lipinski definition) is 6. The van der Waals surface area contributed by atoms with E-state index >= 15 is 0 Å². The highest BCUT2D eigenvalue weighted by Gasteiger charge is 2.25. The van der Waals surface area contributed by atoms with Crippen molar-refractivity contribution in [2.45, 2.75) is 13.8 Å². The molecule has 2 aromatic rings. The molecule has 3 rings (SSSR count). The van der Waals surface area contributed by atoms with Gasteiger partial charge in [-0.15, -0.1) is 0 Å². The fourth-order valence-corrected chi connectivity index (χ4v) is 3.03. The van der Waals surface area contributed by atoms with Gasteiger partial charge in [0.15, 0.2) is 5.82 Å². The van der Waals surface area contributed by atoms with Crippen molar-refractivity contribution in [2.24, 2.45) is 5.92 Å². The van der Waals surface area contributed by atoms with Crippen LogP contribution in [0.1, 0.15) is 34.7 Å². The lowest BCUT2D eigenvalue weighted by Crippen LogP contribution is -2.49. The van der Waals surface area contributed by atoms with Crippen LogP contribution in [0.4, 0.5) is 11.5 Å². The minimum absolute atomic E-state index is 0.0675. The molecule has 8 nitrogen and oxygen atoms in total. The molecule has 0 bridgehead atoms. The van der Waals surface area contributed by atoms with Crippen LogP contribution in [-0.4, -0.2) is 64.6 Å². The average molecular weight is 383 g/mol. The number of anilines is 2. The average Bonchev–Trinajstić information content (AvgIpc) is 2.72. The van der Waals surface area contributed by atoms with Gasteiger partial charge in [-0.2, -0.15) is 0 Å². The molecule has 0 aromatic carbocycles. The first kappa shape index (κ1) is 19.6. The number of carboxylic acids is 1. The van der Waals surface area contributed by atoms with E-state index in [1.165, 1.54) is 18.3 Å². The monoisotopic (exact) mass is 383 g/mol. The number of carbonyl (C=O) groups is 2. The largest absolute Gasteiger partial charge is 0.478 e. The summed E-state index contributed by atoms with van der Waals surface area (Å²) >= 11 is 0. The molecule has 1 fully saturated rings. The minimum Gasteiger partial charge on any atom is -0.478 e. The van der Waals surface area contributed by atoms with Crippen LogP contribution < -0.4 is 10.2 Å². The quantitative estimate of drug-likeness (QED) is 0.789. The molecule has 0 spiro atoms. The summed E-state index contributed by atoms with van der Waals surface area (Å²) in [5, 5.41) is 12.4. The molecule has 1 aliphatic rings. The van der Waals surface area contributed by atoms with Crippen molar-refractivity contribution in [3.63, 3.8) is 0 Å². The van der Waals surface area contributed by atoms with Gasteiger partial charge in [-0.25, -0.2) is 9.78 Å². The van der Waals surface area contributed by atoms with Gasteiger partial charge in [-0.3, -0.25) is 9.78 Å². The molecule has 1 amide bonds. The maximum atomic E-state index is 12.6. The molecular weight excluding hydrogens is 358 g/mol. The first-order valence-electron chi connectivity index (χ1n) is 9.38. The van der Waals surface area contributed by atoms with Crippen LogP contribution in [0.3, 0.4) is 0 Å². The molecule has 2 aromatic heterocycles. The number of carboxylic acid groups (broad SMARTS) is 1. The van der Waals surface area contributed by atoms with E-state index in [4.69, 9.17) is 5.11 Å². The number of nitrogens with one attached hydrogen (secondary N) is 1. The Kier molecular flexibility index (Phi) is 6.08. The fraction of sp³-hybridized carbons (Fsp3) is 0.400. The van der Waals surface area contributed by atoms with Gasteiger partial charge in [0, 0.05) is 45.1 Å². The zero-order chi connectivity index (χ0) is 20.1. The number of piperazine rings is 1. The number of amides is 1. The number of aromatic carboxylic acids is 1. The second kappa shape index (κ2) is 8.69. The summed E-state index contributed by atoms with van der Waals surface area (Å²) in [6.45, 7) is 7.64. The van der Waals surface area contributed by atoms with Gasteiger partial charge in [-0.05, 0) is 30.2 Å². The highest BCUT2D eigenvalue weighted by Crippen LogP contribution is 2.24. The molecule has 1 saturated heterocycles. The van der Waals surface area contributed by atoms with Crippen molar-refractivity contribution in [1.29, 1.82) is 0 Å². The Balaban J connectivity index is 1.63. The summed E-state index contributed by atoms with van der Waals surface area (Å²) in [7, 11) is 0. The van der Waals surface area contributed by atoms with Crippen molar-refractivity contribution in [3.8, 4) is 0 Å². The molecule has 3 heterocycles. The van der Waals surface area contributed by atoms with Crippen LogP contribution >= 0.6 is 0 Å². The molecule has 0 unspecified atom stereocenters. The molecular formula is C20H25N5O3. The lowest BCUT2D eigenvalue weighted by atomic mass is 10.2. The summed E-state index contributed by atoms with van der Waals surface area (Å²) in [4.78, 5) is 36.0. The first-order valence-corrected chi connectivity index (χ1v) is 9.38. The number of carbonyl (C=O) groups excluding carboxylic acids is 1. The molecule has 1 aliphatic heterocycles. The maximum absolute atomic E-state index is 12.6. The molecule has 8 heteroatoms. The van der Waals surface area contributed by atoms with E-state index in [-0.39, 0.29) is 17.2 Å². The van der Waals surface area contributed by atoms with Gasteiger partial charge in [0.2, 0.25) is 0 Å². The normalized spacial score (nSPS) is 14.2. The Morgan fingerprint density at radius 2 is 1.89 bits per heavy atom. The minimum atomic E-state index is -1.06. The van der Waals surface area contributed by atoms with Crippen molar-refractivity contribution in [3.05, 3.63) is 47.9 Å². The predicted octanol–water partition coefficient (Wildman–Crippen LogP) is 2.21. The molecule has 0 atom stereocenters. The zero-order valence-corrected chi connectivity index (χ0v) is 16.1. The number of nitrogens with zero attached hydrogens (tertiary/aromatic N) is 4. The summed E-state index contributed by atoms with van der Waals surface area (Å²) in [6, 6.07) is 6.80. The Morgan fingerprint density at radius 3 is 2.50 bits per heavy atom. The first-order chi connectivity index (χ1) is 13.5. The molecule has 148 valence electrons. The van der Waals surface area contributed by atoms with Gasteiger partial charge in [0.1, 0.15) is 5.69 Å². The van der Waals surface area contributed by atoms with Crippen molar-refractivity contribution in [2.75, 3.05) is 42.9 Å². The third-order valence-electron chi connectivity index (χ3n) is 4.58. The number of pyridine rings is 2. The van der Waals surface area contributed by atoms with Crippen LogP contribution in [0.5, 0.6) is 0 Å². The Morgan fingerprint density at radius 1 is 1.14 bits per heavy atom. The van der Waals surface area contributed by atoms with Crippen molar-refractivity contribution in [1.82, 2.24) is 14.9 Å². The van der Waals surface area contributed by atoms with E-state index in [0.29, 0.717) is 32.1 Å². The van der Waals surface area contributed by atoms with Crippen LogP contribution in [0.25, 0.3) is 0 Å². The van der Waals surface area contributed by atoms with Crippen LogP contribution in [0.15, 0.2) is 36.7 Å². The second-order valence-corrected chi connectivity index (χ2v) is 7.17. The van der Waals surface area contributed by atoms with Crippen LogP contribution in [0.2, 0.25) is 0 Å². The number of hydrogen-bond donors (Lipinski definition) is 2. The van der Waals surface area contributed by atoms with E-state index in [2.05, 4.69) is 34.0 Å². The summed E-state index contributed by atoms with van der Waals surface area (Å²) in [5.74, 6) is 0.190. The topological polar surface area (TPSA) is 98.7 Å². The van der Waals surface area contributed by atoms with E-state index in [1.54, 1.807) is 11.1 Å². The van der Waals surface area contributed by atoms with Crippen LogP contribution in [0, 0.1) is 5.92 Å². The lowest BCUT2D eigenvalue weighted by Gasteiger charge is -2.36. The van der Waals surface area contributed by atoms with Gasteiger partial charge in [0.05, 0.1) is 11.3 Å². The Labute approximate surface area is 164 Å². The third-order valence-corrected chi connectivity index (χ3v) is 4.58. The number of aromatic nitrogens is 2. The Hall–Kier alpha value is -3.16. The second-order valence-electron chi connectivity index (χ2n) is 7.17. The summed E-state index contributed by atoms with van der Waals surface area (Å²) in [5.41, 5.74) is 1.33. The van der Waals surface area contributed by atoms with Gasteiger partial charge in [-0.1, -0.05) is 13.8 Å². The SMILES string of the molecule is CC(C)CNc1cccnc1N1CCN(C(=O)c2ccc(C(=O)O)cn2)CC1. The Bertz CT molecular complexity index is 830. The lowest BCUT2D eigenvalue weighted by molar-refractivity contribution is 0.0691. The predicted molar refractivity (Wildman–Crippen MR) is 107 cm³/mol. The molecule has 0 aliphatic carbocycles. The highest BCUT2D eigenvalue weighted by molar-refractivity contribution is 5.94. The molecule has 2 N–H and O–H groups in total. The summed E-state index contributed by atoms with van der Waals surface area (Å²) in [6.07, 6.45) is 2.99. The third kappa shape index (κ3) is 4.57. The van der Waals surface area contributed by atoms with Crippen molar-refractivity contribution >= 4 is 23.4 Å². The van der Waals surface area contributed by atoms with E-state index in [1.807, 2.05) is 12.1 Å². The molecule has 0 saturated carbocycles. The molecule has 0 radical (unpaired) electrons. The standard InChI is InChI=1S/C20H25N5O3/c1-14(2)12-22-16-4-3-7-21-18(16)24-8-10-25(11-9-24)19(26)17-6-5-15(13-23-17)20(27)28/h3-7,13-14,22H,8-12H2,1-2H3,(H,27,28). The van der Waals surface area contributed by atoms with Crippen LogP contribution in [-0.2, 0) is 0 Å². The smallest absolute Gasteiger partial charge is 0.337 e.